The van der Waals surface area contributed by atoms with Crippen LogP contribution in [0.4, 0.5) is 4.39 Å². The number of fused-ring (bicyclic) bond motifs is 1. The highest BCUT2D eigenvalue weighted by molar-refractivity contribution is 7.88. The Bertz CT molecular complexity index is 1120. The summed E-state index contributed by atoms with van der Waals surface area (Å²) in [6.45, 7) is -0.147. The molecule has 0 unspecified atom stereocenters. The molecular formula is C22H21FN2O4S. The lowest BCUT2D eigenvalue weighted by Gasteiger charge is -2.58. The number of rotatable bonds is 3. The van der Waals surface area contributed by atoms with Crippen molar-refractivity contribution in [3.8, 4) is 11.8 Å². The number of carbonyl (C=O) groups excluding carboxylic acids is 1. The molecule has 4 rings (SSSR count). The molecule has 0 spiro atoms. The summed E-state index contributed by atoms with van der Waals surface area (Å²) in [6.07, 6.45) is 1.10. The van der Waals surface area contributed by atoms with Crippen LogP contribution in [0.15, 0.2) is 48.5 Å². The van der Waals surface area contributed by atoms with Crippen molar-refractivity contribution in [2.45, 2.75) is 18.0 Å². The van der Waals surface area contributed by atoms with Crippen molar-refractivity contribution in [1.82, 2.24) is 9.21 Å². The van der Waals surface area contributed by atoms with Crippen LogP contribution >= 0.6 is 0 Å². The maximum absolute atomic E-state index is 13.0. The first-order chi connectivity index (χ1) is 14.3. The van der Waals surface area contributed by atoms with Crippen molar-refractivity contribution in [1.29, 1.82) is 0 Å². The van der Waals surface area contributed by atoms with Crippen molar-refractivity contribution < 1.29 is 22.7 Å². The molecule has 2 fully saturated rings. The molecule has 2 aliphatic rings. The monoisotopic (exact) mass is 428 g/mol. The van der Waals surface area contributed by atoms with Crippen LogP contribution in [0.5, 0.6) is 0 Å². The van der Waals surface area contributed by atoms with Gasteiger partial charge in [0.05, 0.1) is 31.5 Å². The van der Waals surface area contributed by atoms with E-state index in [0.717, 1.165) is 17.4 Å². The molecule has 2 heterocycles. The van der Waals surface area contributed by atoms with Crippen molar-refractivity contribution in [3.63, 3.8) is 0 Å². The molecule has 3 atom stereocenters. The van der Waals surface area contributed by atoms with Crippen molar-refractivity contribution in [2.24, 2.45) is 0 Å². The second-order valence-electron chi connectivity index (χ2n) is 7.58. The average molecular weight is 428 g/mol. The van der Waals surface area contributed by atoms with E-state index in [1.165, 1.54) is 16.4 Å². The van der Waals surface area contributed by atoms with E-state index < -0.39 is 10.0 Å². The summed E-state index contributed by atoms with van der Waals surface area (Å²) in [4.78, 5) is 14.0. The minimum absolute atomic E-state index is 0.150. The summed E-state index contributed by atoms with van der Waals surface area (Å²) in [5.74, 6) is 5.25. The zero-order valence-electron chi connectivity index (χ0n) is 16.3. The van der Waals surface area contributed by atoms with E-state index >= 15 is 0 Å². The smallest absolute Gasteiger partial charge is 0.238 e. The van der Waals surface area contributed by atoms with Crippen LogP contribution in [0.2, 0.25) is 0 Å². The van der Waals surface area contributed by atoms with Gasteiger partial charge in [0.1, 0.15) is 5.82 Å². The lowest BCUT2D eigenvalue weighted by atomic mass is 9.74. The van der Waals surface area contributed by atoms with Crippen LogP contribution in [-0.4, -0.2) is 66.7 Å². The van der Waals surface area contributed by atoms with Gasteiger partial charge in [-0.1, -0.05) is 24.0 Å². The molecule has 1 N–H and O–H groups in total. The number of aliphatic hydroxyl groups is 1. The fourth-order valence-corrected chi connectivity index (χ4v) is 4.96. The zero-order valence-corrected chi connectivity index (χ0v) is 17.1. The largest absolute Gasteiger partial charge is 0.394 e. The number of aliphatic hydroxyl groups excluding tert-OH is 1. The van der Waals surface area contributed by atoms with E-state index in [9.17, 15) is 22.7 Å². The molecule has 2 saturated heterocycles. The summed E-state index contributed by atoms with van der Waals surface area (Å²) in [6, 6.07) is 12.8. The number of halogens is 1. The lowest BCUT2D eigenvalue weighted by molar-refractivity contribution is -0.158. The van der Waals surface area contributed by atoms with E-state index in [1.807, 2.05) is 24.3 Å². The third-order valence-electron chi connectivity index (χ3n) is 5.68. The Morgan fingerprint density at radius 2 is 1.63 bits per heavy atom. The Hall–Kier alpha value is -2.73. The third kappa shape index (κ3) is 3.84. The highest BCUT2D eigenvalue weighted by Crippen LogP contribution is 2.43. The van der Waals surface area contributed by atoms with Gasteiger partial charge in [0.25, 0.3) is 0 Å². The molecule has 8 heteroatoms. The van der Waals surface area contributed by atoms with Crippen LogP contribution in [0.25, 0.3) is 0 Å². The van der Waals surface area contributed by atoms with Gasteiger partial charge < -0.3 is 10.0 Å². The van der Waals surface area contributed by atoms with E-state index in [1.54, 1.807) is 17.0 Å². The van der Waals surface area contributed by atoms with Crippen LogP contribution in [0, 0.1) is 17.7 Å². The van der Waals surface area contributed by atoms with Gasteiger partial charge in [-0.2, -0.15) is 4.31 Å². The van der Waals surface area contributed by atoms with Crippen LogP contribution < -0.4 is 0 Å². The average Bonchev–Trinajstić information content (AvgIpc) is 2.69. The Labute approximate surface area is 175 Å². The fraction of sp³-hybridized carbons (Fsp3) is 0.318. The molecule has 0 aliphatic carbocycles. The normalized spacial score (nSPS) is 23.9. The zero-order chi connectivity index (χ0) is 21.5. The van der Waals surface area contributed by atoms with Crippen LogP contribution in [0.3, 0.4) is 0 Å². The number of hydrogen-bond donors (Lipinski definition) is 1. The third-order valence-corrected chi connectivity index (χ3v) is 6.90. The highest BCUT2D eigenvalue weighted by Gasteiger charge is 2.54. The van der Waals surface area contributed by atoms with Crippen molar-refractivity contribution in [2.75, 3.05) is 26.0 Å². The second-order valence-corrected chi connectivity index (χ2v) is 9.56. The molecule has 0 saturated carbocycles. The molecule has 0 aromatic heterocycles. The SMILES string of the molecule is CS(=O)(=O)N1CC(=O)N2[C@H](CO)[C@@H](c3ccc(C#Cc4ccc(F)cc4)cc3)[C@H]2C1. The van der Waals surface area contributed by atoms with Gasteiger partial charge in [0, 0.05) is 23.6 Å². The van der Waals surface area contributed by atoms with E-state index in [2.05, 4.69) is 11.8 Å². The van der Waals surface area contributed by atoms with Crippen molar-refractivity contribution in [3.05, 3.63) is 71.0 Å². The molecule has 2 aromatic rings. The first-order valence-electron chi connectivity index (χ1n) is 9.52. The summed E-state index contributed by atoms with van der Waals surface area (Å²) in [5, 5.41) is 9.81. The van der Waals surface area contributed by atoms with E-state index in [4.69, 9.17) is 0 Å². The van der Waals surface area contributed by atoms with Crippen LogP contribution in [-0.2, 0) is 14.8 Å². The Morgan fingerprint density at radius 1 is 1.07 bits per heavy atom. The Balaban J connectivity index is 1.54. The number of benzene rings is 2. The molecule has 156 valence electrons. The van der Waals surface area contributed by atoms with Gasteiger partial charge >= 0.3 is 0 Å². The molecule has 0 bridgehead atoms. The van der Waals surface area contributed by atoms with Gasteiger partial charge in [-0.05, 0) is 42.0 Å². The minimum atomic E-state index is -3.47. The number of sulfonamides is 1. The second kappa shape index (κ2) is 7.84. The topological polar surface area (TPSA) is 77.9 Å². The number of carbonyl (C=O) groups is 1. The minimum Gasteiger partial charge on any atom is -0.394 e. The van der Waals surface area contributed by atoms with Gasteiger partial charge in [0.2, 0.25) is 15.9 Å². The number of nitrogens with zero attached hydrogens (tertiary/aromatic N) is 2. The first kappa shape index (κ1) is 20.5. The molecule has 1 amide bonds. The van der Waals surface area contributed by atoms with E-state index in [-0.39, 0.29) is 49.4 Å². The number of hydrogen-bond acceptors (Lipinski definition) is 4. The maximum atomic E-state index is 13.0. The molecule has 30 heavy (non-hydrogen) atoms. The lowest BCUT2D eigenvalue weighted by Crippen LogP contribution is -2.73. The molecular weight excluding hydrogens is 407 g/mol. The van der Waals surface area contributed by atoms with Crippen LogP contribution in [0.1, 0.15) is 22.6 Å². The summed E-state index contributed by atoms with van der Waals surface area (Å²) in [7, 11) is -3.47. The van der Waals surface area contributed by atoms with Gasteiger partial charge in [-0.15, -0.1) is 0 Å². The molecule has 0 radical (unpaired) electrons. The number of amides is 1. The maximum Gasteiger partial charge on any atom is 0.238 e. The molecule has 2 aliphatic heterocycles. The Morgan fingerprint density at radius 3 is 2.17 bits per heavy atom. The predicted molar refractivity (Wildman–Crippen MR) is 109 cm³/mol. The standard InChI is InChI=1S/C22H21FN2O4S/c1-30(28,29)24-12-19-22(20(14-26)25(19)21(27)13-24)17-8-4-15(5-9-17)2-3-16-6-10-18(23)11-7-16/h4-11,19-20,22,26H,12-14H2,1H3/t19-,20-,22+/m1/s1. The molecule has 6 nitrogen and oxygen atoms in total. The summed E-state index contributed by atoms with van der Waals surface area (Å²) < 4.78 is 38.0. The number of piperazine rings is 1. The Kier molecular flexibility index (Phi) is 5.36. The summed E-state index contributed by atoms with van der Waals surface area (Å²) >= 11 is 0. The predicted octanol–water partition coefficient (Wildman–Crippen LogP) is 1.16. The first-order valence-corrected chi connectivity index (χ1v) is 11.4. The van der Waals surface area contributed by atoms with Crippen molar-refractivity contribution >= 4 is 15.9 Å². The van der Waals surface area contributed by atoms with Gasteiger partial charge in [0.15, 0.2) is 0 Å². The van der Waals surface area contributed by atoms with Gasteiger partial charge in [-0.3, -0.25) is 4.79 Å². The van der Waals surface area contributed by atoms with Gasteiger partial charge in [-0.25, -0.2) is 12.8 Å². The molecule has 2 aromatic carbocycles. The fourth-order valence-electron chi connectivity index (χ4n) is 4.19. The van der Waals surface area contributed by atoms with E-state index in [0.29, 0.717) is 5.56 Å². The quantitative estimate of drug-likeness (QED) is 0.745. The highest BCUT2D eigenvalue weighted by atomic mass is 32.2. The summed E-state index contributed by atoms with van der Waals surface area (Å²) in [5.41, 5.74) is 2.40.